The van der Waals surface area contributed by atoms with E-state index in [0.29, 0.717) is 17.5 Å². The Morgan fingerprint density at radius 1 is 0.255 bits per heavy atom. The Kier molecular flexibility index (Phi) is 8.12. The molecule has 0 saturated heterocycles. The molecule has 10 rings (SSSR count). The number of para-hydroxylation sites is 1. The van der Waals surface area contributed by atoms with Crippen LogP contribution in [0.2, 0.25) is 0 Å². The highest BCUT2D eigenvalue weighted by molar-refractivity contribution is 6.10. The van der Waals surface area contributed by atoms with Gasteiger partial charge in [0.15, 0.2) is 17.5 Å². The first-order chi connectivity index (χ1) is 27.2. The van der Waals surface area contributed by atoms with Gasteiger partial charge in [0.2, 0.25) is 0 Å². The number of rotatable bonds is 7. The first-order valence-corrected chi connectivity index (χ1v) is 18.5. The average molecular weight is 703 g/mol. The van der Waals surface area contributed by atoms with Gasteiger partial charge in [0, 0.05) is 33.2 Å². The Hall–Kier alpha value is -7.43. The molecule has 0 unspecified atom stereocenters. The summed E-state index contributed by atoms with van der Waals surface area (Å²) in [5, 5.41) is 2.41. The molecule has 0 spiro atoms. The van der Waals surface area contributed by atoms with Gasteiger partial charge in [0.1, 0.15) is 0 Å². The maximum Gasteiger partial charge on any atom is 0.164 e. The van der Waals surface area contributed by atoms with Crippen molar-refractivity contribution in [2.75, 3.05) is 0 Å². The molecule has 0 fully saturated rings. The molecule has 0 aliphatic carbocycles. The van der Waals surface area contributed by atoms with E-state index in [1.807, 2.05) is 24.3 Å². The van der Waals surface area contributed by atoms with Crippen molar-refractivity contribution in [2.45, 2.75) is 0 Å². The van der Waals surface area contributed by atoms with Crippen LogP contribution in [0.4, 0.5) is 0 Å². The highest BCUT2D eigenvalue weighted by atomic mass is 15.0. The van der Waals surface area contributed by atoms with E-state index >= 15 is 0 Å². The predicted molar refractivity (Wildman–Crippen MR) is 227 cm³/mol. The van der Waals surface area contributed by atoms with Gasteiger partial charge in [-0.25, -0.2) is 15.0 Å². The zero-order valence-electron chi connectivity index (χ0n) is 29.9. The van der Waals surface area contributed by atoms with Crippen LogP contribution in [-0.2, 0) is 0 Å². The molecule has 0 bridgehead atoms. The monoisotopic (exact) mass is 702 g/mol. The molecule has 0 aliphatic rings. The van der Waals surface area contributed by atoms with Crippen molar-refractivity contribution in [2.24, 2.45) is 0 Å². The van der Waals surface area contributed by atoms with Gasteiger partial charge in [-0.1, -0.05) is 176 Å². The molecular formula is C51H34N4. The molecule has 8 aromatic carbocycles. The van der Waals surface area contributed by atoms with Crippen molar-refractivity contribution < 1.29 is 0 Å². The van der Waals surface area contributed by atoms with Crippen LogP contribution in [0.15, 0.2) is 206 Å². The molecule has 0 N–H and O–H groups in total. The lowest BCUT2D eigenvalue weighted by Crippen LogP contribution is -2.02. The third-order valence-electron chi connectivity index (χ3n) is 10.2. The van der Waals surface area contributed by atoms with Crippen LogP contribution < -0.4 is 0 Å². The molecule has 0 atom stereocenters. The van der Waals surface area contributed by atoms with Gasteiger partial charge in [0.05, 0.1) is 11.0 Å². The normalized spacial score (nSPS) is 11.3. The number of hydrogen-bond acceptors (Lipinski definition) is 3. The molecule has 55 heavy (non-hydrogen) atoms. The number of benzene rings is 8. The minimum Gasteiger partial charge on any atom is -0.309 e. The van der Waals surface area contributed by atoms with E-state index in [2.05, 4.69) is 187 Å². The van der Waals surface area contributed by atoms with E-state index in [1.54, 1.807) is 0 Å². The molecule has 0 amide bonds. The fourth-order valence-corrected chi connectivity index (χ4v) is 7.52. The molecule has 2 heterocycles. The fraction of sp³-hybridized carbons (Fsp3) is 0. The van der Waals surface area contributed by atoms with Gasteiger partial charge >= 0.3 is 0 Å². The van der Waals surface area contributed by atoms with Gasteiger partial charge in [-0.05, 0) is 63.7 Å². The van der Waals surface area contributed by atoms with Gasteiger partial charge < -0.3 is 4.57 Å². The van der Waals surface area contributed by atoms with Crippen LogP contribution in [0.5, 0.6) is 0 Å². The van der Waals surface area contributed by atoms with Crippen LogP contribution >= 0.6 is 0 Å². The van der Waals surface area contributed by atoms with Gasteiger partial charge in [-0.2, -0.15) is 0 Å². The summed E-state index contributed by atoms with van der Waals surface area (Å²) in [6, 6.07) is 72.3. The quantitative estimate of drug-likeness (QED) is 0.166. The van der Waals surface area contributed by atoms with Crippen molar-refractivity contribution >= 4 is 21.8 Å². The summed E-state index contributed by atoms with van der Waals surface area (Å²) in [5.41, 5.74) is 12.9. The lowest BCUT2D eigenvalue weighted by Gasteiger charge is -2.15. The molecule has 0 aliphatic heterocycles. The minimum absolute atomic E-state index is 0.612. The summed E-state index contributed by atoms with van der Waals surface area (Å²) in [5.74, 6) is 1.86. The molecule has 2 aromatic heterocycles. The lowest BCUT2D eigenvalue weighted by molar-refractivity contribution is 1.07. The Morgan fingerprint density at radius 3 is 1.27 bits per heavy atom. The van der Waals surface area contributed by atoms with Crippen molar-refractivity contribution in [3.05, 3.63) is 206 Å². The SMILES string of the molecule is c1ccc(-c2ccc(-c3nc(-c4ccccc4)nc(-c4cc(-c5ccccc5)cc(-n5c6ccccc6c6ccc(-c7ccccc7)cc65)c4)n3)cc2)cc1. The second kappa shape index (κ2) is 13.8. The number of nitrogens with zero attached hydrogens (tertiary/aromatic N) is 4. The second-order valence-corrected chi connectivity index (χ2v) is 13.7. The zero-order valence-corrected chi connectivity index (χ0v) is 29.9. The van der Waals surface area contributed by atoms with E-state index in [4.69, 9.17) is 15.0 Å². The Labute approximate surface area is 319 Å². The summed E-state index contributed by atoms with van der Waals surface area (Å²) < 4.78 is 2.38. The third-order valence-corrected chi connectivity index (χ3v) is 10.2. The number of fused-ring (bicyclic) bond motifs is 3. The maximum atomic E-state index is 5.21. The molecule has 258 valence electrons. The average Bonchev–Trinajstić information content (AvgIpc) is 3.61. The van der Waals surface area contributed by atoms with Crippen LogP contribution in [0.1, 0.15) is 0 Å². The number of aromatic nitrogens is 4. The molecule has 4 nitrogen and oxygen atoms in total. The summed E-state index contributed by atoms with van der Waals surface area (Å²) in [7, 11) is 0. The number of hydrogen-bond donors (Lipinski definition) is 0. The largest absolute Gasteiger partial charge is 0.309 e. The van der Waals surface area contributed by atoms with Crippen LogP contribution in [0, 0.1) is 0 Å². The van der Waals surface area contributed by atoms with Crippen LogP contribution in [-0.4, -0.2) is 19.5 Å². The topological polar surface area (TPSA) is 43.6 Å². The minimum atomic E-state index is 0.612. The summed E-state index contributed by atoms with van der Waals surface area (Å²) >= 11 is 0. The van der Waals surface area contributed by atoms with E-state index in [9.17, 15) is 0 Å². The molecular weight excluding hydrogens is 669 g/mol. The standard InChI is InChI=1S/C51H34N4/c1-5-15-35(16-6-1)38-25-27-40(28-26-38)50-52-49(39-21-11-4-12-22-39)53-51(54-50)43-31-42(37-19-9-3-10-20-37)32-44(33-43)55-47-24-14-13-23-45(47)46-30-29-41(34-48(46)55)36-17-7-2-8-18-36/h1-34H. The maximum absolute atomic E-state index is 5.21. The molecule has 10 aromatic rings. The fourth-order valence-electron chi connectivity index (χ4n) is 7.52. The Morgan fingerprint density at radius 2 is 0.655 bits per heavy atom. The highest BCUT2D eigenvalue weighted by Gasteiger charge is 2.18. The first-order valence-electron chi connectivity index (χ1n) is 18.5. The summed E-state index contributed by atoms with van der Waals surface area (Å²) in [4.78, 5) is 15.4. The van der Waals surface area contributed by atoms with Crippen LogP contribution in [0.3, 0.4) is 0 Å². The molecule has 0 saturated carbocycles. The van der Waals surface area contributed by atoms with Crippen molar-refractivity contribution in [1.29, 1.82) is 0 Å². The predicted octanol–water partition coefficient (Wildman–Crippen LogP) is 13.0. The van der Waals surface area contributed by atoms with Crippen molar-refractivity contribution in [3.8, 4) is 73.2 Å². The van der Waals surface area contributed by atoms with Gasteiger partial charge in [-0.3, -0.25) is 0 Å². The van der Waals surface area contributed by atoms with E-state index in [0.717, 1.165) is 50.1 Å². The lowest BCUT2D eigenvalue weighted by atomic mass is 10.0. The second-order valence-electron chi connectivity index (χ2n) is 13.7. The van der Waals surface area contributed by atoms with Gasteiger partial charge in [0.25, 0.3) is 0 Å². The third kappa shape index (κ3) is 6.16. The molecule has 0 radical (unpaired) electrons. The van der Waals surface area contributed by atoms with E-state index in [-0.39, 0.29) is 0 Å². The zero-order chi connectivity index (χ0) is 36.6. The summed E-state index contributed by atoms with van der Waals surface area (Å²) in [6.45, 7) is 0. The van der Waals surface area contributed by atoms with Gasteiger partial charge in [-0.15, -0.1) is 0 Å². The Bertz CT molecular complexity index is 2940. The first kappa shape index (κ1) is 32.2. The Balaban J connectivity index is 1.20. The highest BCUT2D eigenvalue weighted by Crippen LogP contribution is 2.38. The van der Waals surface area contributed by atoms with Crippen LogP contribution in [0.25, 0.3) is 95.0 Å². The summed E-state index contributed by atoms with van der Waals surface area (Å²) in [6.07, 6.45) is 0. The molecule has 4 heteroatoms. The van der Waals surface area contributed by atoms with E-state index < -0.39 is 0 Å². The van der Waals surface area contributed by atoms with Crippen molar-refractivity contribution in [3.63, 3.8) is 0 Å². The smallest absolute Gasteiger partial charge is 0.164 e. The van der Waals surface area contributed by atoms with Crippen molar-refractivity contribution in [1.82, 2.24) is 19.5 Å². The van der Waals surface area contributed by atoms with E-state index in [1.165, 1.54) is 27.5 Å².